The highest BCUT2D eigenvalue weighted by atomic mass is 16.7. The normalized spacial score (nSPS) is 50.0. The molecule has 0 radical (unpaired) electrons. The van der Waals surface area contributed by atoms with Crippen molar-refractivity contribution in [2.75, 3.05) is 20.3 Å². The molecule has 0 aromatic rings. The predicted molar refractivity (Wildman–Crippen MR) is 77.4 cm³/mol. The summed E-state index contributed by atoms with van der Waals surface area (Å²) in [6.07, 6.45) is -9.99. The number of aliphatic hydroxyl groups is 6. The van der Waals surface area contributed by atoms with Gasteiger partial charge in [-0.2, -0.15) is 0 Å². The summed E-state index contributed by atoms with van der Waals surface area (Å²) in [6.45, 7) is -1.11. The molecule has 0 bridgehead atoms. The van der Waals surface area contributed by atoms with E-state index in [1.165, 1.54) is 7.05 Å². The molecule has 2 heterocycles. The molecule has 2 aliphatic heterocycles. The summed E-state index contributed by atoms with van der Waals surface area (Å²) in [4.78, 5) is 0. The lowest BCUT2D eigenvalue weighted by Crippen LogP contribution is -2.67. The Morgan fingerprint density at radius 3 is 2.12 bits per heavy atom. The molecule has 0 spiro atoms. The summed E-state index contributed by atoms with van der Waals surface area (Å²) >= 11 is 0. The van der Waals surface area contributed by atoms with Crippen molar-refractivity contribution in [3.63, 3.8) is 0 Å². The van der Waals surface area contributed by atoms with E-state index in [2.05, 4.69) is 5.32 Å². The fourth-order valence-corrected chi connectivity index (χ4v) is 2.93. The average Bonchev–Trinajstić information content (AvgIpc) is 2.58. The van der Waals surface area contributed by atoms with Crippen molar-refractivity contribution in [2.24, 2.45) is 5.73 Å². The van der Waals surface area contributed by atoms with Crippen LogP contribution in [-0.4, -0.2) is 112 Å². The zero-order valence-electron chi connectivity index (χ0n) is 13.2. The first kappa shape index (κ1) is 19.9. The summed E-state index contributed by atoms with van der Waals surface area (Å²) < 4.78 is 16.2. The van der Waals surface area contributed by atoms with Gasteiger partial charge in [-0.3, -0.25) is 0 Å². The van der Waals surface area contributed by atoms with Crippen molar-refractivity contribution in [1.29, 1.82) is 0 Å². The molecule has 0 aliphatic carbocycles. The predicted octanol–water partition coefficient (Wildman–Crippen LogP) is -5.20. The Balaban J connectivity index is 2.16. The molecule has 0 amide bonds. The molecule has 10 atom stereocenters. The van der Waals surface area contributed by atoms with E-state index in [0.717, 1.165) is 0 Å². The van der Waals surface area contributed by atoms with Crippen molar-refractivity contribution in [1.82, 2.24) is 5.32 Å². The maximum Gasteiger partial charge on any atom is 0.176 e. The number of nitrogens with two attached hydrogens (primary N) is 1. The average molecular weight is 354 g/mol. The van der Waals surface area contributed by atoms with Gasteiger partial charge in [0.15, 0.2) is 12.6 Å². The highest BCUT2D eigenvalue weighted by Gasteiger charge is 2.49. The second kappa shape index (κ2) is 8.29. The molecule has 24 heavy (non-hydrogen) atoms. The van der Waals surface area contributed by atoms with Gasteiger partial charge in [0, 0.05) is 0 Å². The summed E-state index contributed by atoms with van der Waals surface area (Å²) in [5.74, 6) is 0. The Hall–Kier alpha value is -0.440. The first-order valence-corrected chi connectivity index (χ1v) is 7.68. The van der Waals surface area contributed by atoms with Gasteiger partial charge in [-0.1, -0.05) is 0 Å². The Morgan fingerprint density at radius 1 is 0.958 bits per heavy atom. The highest BCUT2D eigenvalue weighted by molar-refractivity contribution is 4.96. The topological polar surface area (TPSA) is 187 Å². The first-order valence-electron chi connectivity index (χ1n) is 7.68. The van der Waals surface area contributed by atoms with Crippen molar-refractivity contribution in [2.45, 2.75) is 61.3 Å². The van der Waals surface area contributed by atoms with Crippen LogP contribution in [0.1, 0.15) is 0 Å². The molecule has 5 unspecified atom stereocenters. The number of aliphatic hydroxyl groups excluding tert-OH is 6. The molecule has 11 heteroatoms. The molecular formula is C13H26N2O9. The number of rotatable bonds is 5. The van der Waals surface area contributed by atoms with Gasteiger partial charge in [-0.25, -0.2) is 0 Å². The molecule has 0 saturated carbocycles. The third kappa shape index (κ3) is 3.71. The molecule has 0 aromatic heterocycles. The number of nitrogens with one attached hydrogen (secondary N) is 1. The molecule has 2 rings (SSSR count). The van der Waals surface area contributed by atoms with E-state index >= 15 is 0 Å². The minimum atomic E-state index is -1.47. The Kier molecular flexibility index (Phi) is 6.87. The summed E-state index contributed by atoms with van der Waals surface area (Å²) in [7, 11) is 1.51. The van der Waals surface area contributed by atoms with Crippen LogP contribution in [0.4, 0.5) is 0 Å². The van der Waals surface area contributed by atoms with Crippen LogP contribution < -0.4 is 11.1 Å². The van der Waals surface area contributed by atoms with Crippen LogP contribution in [-0.2, 0) is 14.2 Å². The highest BCUT2D eigenvalue weighted by Crippen LogP contribution is 2.27. The second-order valence-corrected chi connectivity index (χ2v) is 5.94. The van der Waals surface area contributed by atoms with E-state index < -0.39 is 74.5 Å². The maximum absolute atomic E-state index is 10.2. The van der Waals surface area contributed by atoms with E-state index in [-0.39, 0.29) is 0 Å². The van der Waals surface area contributed by atoms with E-state index in [4.69, 9.17) is 19.9 Å². The second-order valence-electron chi connectivity index (χ2n) is 5.94. The Bertz CT molecular complexity index is 402. The fraction of sp³-hybridized carbons (Fsp3) is 1.00. The minimum absolute atomic E-state index is 0.556. The number of hydrogen-bond acceptors (Lipinski definition) is 11. The summed E-state index contributed by atoms with van der Waals surface area (Å²) in [5, 5.41) is 61.2. The van der Waals surface area contributed by atoms with Gasteiger partial charge in [0.05, 0.1) is 25.3 Å². The van der Waals surface area contributed by atoms with Gasteiger partial charge in [-0.05, 0) is 7.05 Å². The zero-order valence-corrected chi connectivity index (χ0v) is 13.2. The molecule has 2 aliphatic rings. The summed E-state index contributed by atoms with van der Waals surface area (Å²) in [6, 6.07) is -2.05. The largest absolute Gasteiger partial charge is 0.394 e. The van der Waals surface area contributed by atoms with Crippen molar-refractivity contribution in [3.05, 3.63) is 0 Å². The third-order valence-corrected chi connectivity index (χ3v) is 4.43. The van der Waals surface area contributed by atoms with Crippen LogP contribution in [0.25, 0.3) is 0 Å². The lowest BCUT2D eigenvalue weighted by atomic mass is 9.95. The molecule has 142 valence electrons. The lowest BCUT2D eigenvalue weighted by molar-refractivity contribution is -0.326. The SMILES string of the molecule is CNC1[C@H](O[C@@H]2C(CO)O[C@@H](O)C(N)C2O)OC(CO)[C@@H](O)[C@@H]1O. The minimum Gasteiger partial charge on any atom is -0.394 e. The molecule has 2 saturated heterocycles. The van der Waals surface area contributed by atoms with Crippen molar-refractivity contribution in [3.8, 4) is 0 Å². The van der Waals surface area contributed by atoms with E-state index in [0.29, 0.717) is 0 Å². The maximum atomic E-state index is 10.2. The first-order chi connectivity index (χ1) is 11.3. The monoisotopic (exact) mass is 354 g/mol. The number of likely N-dealkylation sites (N-methyl/N-ethyl adjacent to an activating group) is 1. The van der Waals surface area contributed by atoms with Gasteiger partial charge in [0.25, 0.3) is 0 Å². The van der Waals surface area contributed by atoms with Gasteiger partial charge < -0.3 is 55.9 Å². The summed E-state index contributed by atoms with van der Waals surface area (Å²) in [5.41, 5.74) is 5.63. The van der Waals surface area contributed by atoms with Crippen LogP contribution in [0, 0.1) is 0 Å². The van der Waals surface area contributed by atoms with Crippen LogP contribution in [0.3, 0.4) is 0 Å². The van der Waals surface area contributed by atoms with E-state index in [9.17, 15) is 30.6 Å². The van der Waals surface area contributed by atoms with Crippen LogP contribution in [0.2, 0.25) is 0 Å². The van der Waals surface area contributed by atoms with Gasteiger partial charge in [0.1, 0.15) is 36.6 Å². The van der Waals surface area contributed by atoms with Crippen LogP contribution in [0.15, 0.2) is 0 Å². The molecule has 9 N–H and O–H groups in total. The smallest absolute Gasteiger partial charge is 0.176 e. The quantitative estimate of drug-likeness (QED) is 0.236. The van der Waals surface area contributed by atoms with Gasteiger partial charge >= 0.3 is 0 Å². The van der Waals surface area contributed by atoms with Gasteiger partial charge in [0.2, 0.25) is 0 Å². The zero-order chi connectivity index (χ0) is 18.0. The molecule has 11 nitrogen and oxygen atoms in total. The van der Waals surface area contributed by atoms with Crippen LogP contribution in [0.5, 0.6) is 0 Å². The number of ether oxygens (including phenoxy) is 3. The third-order valence-electron chi connectivity index (χ3n) is 4.43. The number of hydrogen-bond donors (Lipinski definition) is 8. The molecular weight excluding hydrogens is 328 g/mol. The lowest BCUT2D eigenvalue weighted by Gasteiger charge is -2.46. The Labute approximate surface area is 138 Å². The van der Waals surface area contributed by atoms with Crippen molar-refractivity contribution >= 4 is 0 Å². The molecule has 0 aromatic carbocycles. The standard InChI is InChI=1S/C13H26N2O9/c1-15-7-10(20)8(18)4(2-16)23-13(7)24-11-5(3-17)22-12(21)6(14)9(11)19/h4-13,15-21H,2-3,14H2,1H3/t4?,5?,6?,7?,8-,9?,10-,11-,12-,13+/m1/s1. The molecule has 2 fully saturated rings. The fourth-order valence-electron chi connectivity index (χ4n) is 2.93. The Morgan fingerprint density at radius 2 is 1.58 bits per heavy atom. The van der Waals surface area contributed by atoms with Crippen LogP contribution >= 0.6 is 0 Å². The van der Waals surface area contributed by atoms with E-state index in [1.54, 1.807) is 0 Å². The van der Waals surface area contributed by atoms with E-state index in [1.807, 2.05) is 0 Å². The van der Waals surface area contributed by atoms with Crippen molar-refractivity contribution < 1.29 is 44.8 Å². The van der Waals surface area contributed by atoms with Gasteiger partial charge in [-0.15, -0.1) is 0 Å².